The number of para-hydroxylation sites is 1. The molecule has 4 aromatic rings. The third-order valence-corrected chi connectivity index (χ3v) is 4.05. The zero-order valence-electron chi connectivity index (χ0n) is 14.1. The zero-order chi connectivity index (χ0) is 17.8. The molecule has 0 unspecified atom stereocenters. The lowest BCUT2D eigenvalue weighted by molar-refractivity contribution is -0.116. The molecule has 0 saturated heterocycles. The normalized spacial score (nSPS) is 10.8. The highest BCUT2D eigenvalue weighted by atomic mass is 16.4. The standard InChI is InChI=1S/C21H17N3O2/c25-20(24-17-12-16-8-4-5-9-18(16)22-13-17)10-11-21-23-14-19(26-21)15-6-2-1-3-7-15/h1-9,12-14H,10-11H2,(H,24,25). The summed E-state index contributed by atoms with van der Waals surface area (Å²) in [6.07, 6.45) is 4.09. The second kappa shape index (κ2) is 7.19. The second-order valence-corrected chi connectivity index (χ2v) is 5.95. The molecular formula is C21H17N3O2. The number of anilines is 1. The number of rotatable bonds is 5. The Kier molecular flexibility index (Phi) is 4.43. The van der Waals surface area contributed by atoms with Crippen molar-refractivity contribution in [1.82, 2.24) is 9.97 Å². The van der Waals surface area contributed by atoms with Gasteiger partial charge in [0.2, 0.25) is 5.91 Å². The Bertz CT molecular complexity index is 1040. The molecule has 0 aliphatic heterocycles. The number of benzene rings is 2. The second-order valence-electron chi connectivity index (χ2n) is 5.95. The minimum atomic E-state index is -0.0958. The van der Waals surface area contributed by atoms with Gasteiger partial charge in [0.15, 0.2) is 11.7 Å². The van der Waals surface area contributed by atoms with Gasteiger partial charge in [-0.15, -0.1) is 0 Å². The maximum Gasteiger partial charge on any atom is 0.224 e. The van der Waals surface area contributed by atoms with Crippen LogP contribution in [0, 0.1) is 0 Å². The molecule has 2 aromatic carbocycles. The number of pyridine rings is 1. The number of aromatic nitrogens is 2. The zero-order valence-corrected chi connectivity index (χ0v) is 14.1. The monoisotopic (exact) mass is 343 g/mol. The number of carbonyl (C=O) groups is 1. The molecular weight excluding hydrogens is 326 g/mol. The lowest BCUT2D eigenvalue weighted by atomic mass is 10.2. The summed E-state index contributed by atoms with van der Waals surface area (Å²) >= 11 is 0. The number of hydrogen-bond acceptors (Lipinski definition) is 4. The molecule has 128 valence electrons. The predicted octanol–water partition coefficient (Wildman–Crippen LogP) is 4.46. The van der Waals surface area contributed by atoms with Crippen molar-refractivity contribution in [3.05, 3.63) is 78.9 Å². The minimum Gasteiger partial charge on any atom is -0.441 e. The van der Waals surface area contributed by atoms with Crippen LogP contribution >= 0.6 is 0 Å². The van der Waals surface area contributed by atoms with Gasteiger partial charge in [-0.25, -0.2) is 4.98 Å². The van der Waals surface area contributed by atoms with Crippen molar-refractivity contribution in [2.75, 3.05) is 5.32 Å². The third kappa shape index (κ3) is 3.62. The lowest BCUT2D eigenvalue weighted by Crippen LogP contribution is -2.12. The fraction of sp³-hybridized carbons (Fsp3) is 0.0952. The van der Waals surface area contributed by atoms with E-state index in [2.05, 4.69) is 15.3 Å². The first kappa shape index (κ1) is 16.0. The molecule has 5 nitrogen and oxygen atoms in total. The van der Waals surface area contributed by atoms with E-state index in [-0.39, 0.29) is 5.91 Å². The first-order chi connectivity index (χ1) is 12.8. The highest BCUT2D eigenvalue weighted by Crippen LogP contribution is 2.20. The molecule has 4 rings (SSSR count). The molecule has 1 amide bonds. The molecule has 2 heterocycles. The summed E-state index contributed by atoms with van der Waals surface area (Å²) < 4.78 is 5.72. The molecule has 0 aliphatic carbocycles. The molecule has 26 heavy (non-hydrogen) atoms. The van der Waals surface area contributed by atoms with Crippen LogP contribution in [-0.4, -0.2) is 15.9 Å². The fourth-order valence-corrected chi connectivity index (χ4v) is 2.75. The van der Waals surface area contributed by atoms with Crippen molar-refractivity contribution in [3.8, 4) is 11.3 Å². The van der Waals surface area contributed by atoms with Crippen LogP contribution in [0.4, 0.5) is 5.69 Å². The molecule has 0 radical (unpaired) electrons. The quantitative estimate of drug-likeness (QED) is 0.581. The van der Waals surface area contributed by atoms with Crippen LogP contribution < -0.4 is 5.32 Å². The molecule has 2 aromatic heterocycles. The Labute approximate surface area is 150 Å². The molecule has 5 heteroatoms. The van der Waals surface area contributed by atoms with E-state index in [0.717, 1.165) is 16.5 Å². The van der Waals surface area contributed by atoms with Crippen LogP contribution in [-0.2, 0) is 11.2 Å². The van der Waals surface area contributed by atoms with Crippen molar-refractivity contribution in [2.45, 2.75) is 12.8 Å². The summed E-state index contributed by atoms with van der Waals surface area (Å²) in [5, 5.41) is 3.86. The molecule has 0 bridgehead atoms. The first-order valence-electron chi connectivity index (χ1n) is 8.43. The van der Waals surface area contributed by atoms with Crippen molar-refractivity contribution in [1.29, 1.82) is 0 Å². The summed E-state index contributed by atoms with van der Waals surface area (Å²) in [4.78, 5) is 20.8. The number of oxazole rings is 1. The topological polar surface area (TPSA) is 68.0 Å². The SMILES string of the molecule is O=C(CCc1ncc(-c2ccccc2)o1)Nc1cnc2ccccc2c1. The Balaban J connectivity index is 1.37. The van der Waals surface area contributed by atoms with Gasteiger partial charge >= 0.3 is 0 Å². The number of hydrogen-bond donors (Lipinski definition) is 1. The Hall–Kier alpha value is -3.47. The average molecular weight is 343 g/mol. The van der Waals surface area contributed by atoms with Crippen LogP contribution in [0.1, 0.15) is 12.3 Å². The van der Waals surface area contributed by atoms with Gasteiger partial charge in [0, 0.05) is 23.8 Å². The minimum absolute atomic E-state index is 0.0958. The van der Waals surface area contributed by atoms with Crippen LogP contribution in [0.15, 0.2) is 77.5 Å². The van der Waals surface area contributed by atoms with Crippen LogP contribution in [0.5, 0.6) is 0 Å². The van der Waals surface area contributed by atoms with E-state index >= 15 is 0 Å². The number of aryl methyl sites for hydroxylation is 1. The molecule has 0 atom stereocenters. The van der Waals surface area contributed by atoms with E-state index in [4.69, 9.17) is 4.42 Å². The van der Waals surface area contributed by atoms with Gasteiger partial charge < -0.3 is 9.73 Å². The van der Waals surface area contributed by atoms with Crippen LogP contribution in [0.2, 0.25) is 0 Å². The summed E-state index contributed by atoms with van der Waals surface area (Å²) in [6.45, 7) is 0. The smallest absolute Gasteiger partial charge is 0.224 e. The number of amides is 1. The predicted molar refractivity (Wildman–Crippen MR) is 101 cm³/mol. The molecule has 0 saturated carbocycles. The van der Waals surface area contributed by atoms with Gasteiger partial charge in [-0.2, -0.15) is 0 Å². The van der Waals surface area contributed by atoms with Crippen LogP contribution in [0.3, 0.4) is 0 Å². The van der Waals surface area contributed by atoms with Gasteiger partial charge in [-0.05, 0) is 12.1 Å². The maximum atomic E-state index is 12.2. The van der Waals surface area contributed by atoms with Crippen LogP contribution in [0.25, 0.3) is 22.2 Å². The van der Waals surface area contributed by atoms with Gasteiger partial charge in [0.05, 0.1) is 23.6 Å². The van der Waals surface area contributed by atoms with Gasteiger partial charge in [-0.1, -0.05) is 48.5 Å². The largest absolute Gasteiger partial charge is 0.441 e. The van der Waals surface area contributed by atoms with E-state index in [0.29, 0.717) is 30.2 Å². The Morgan fingerprint density at radius 3 is 2.65 bits per heavy atom. The van der Waals surface area contributed by atoms with E-state index in [1.165, 1.54) is 0 Å². The molecule has 1 N–H and O–H groups in total. The summed E-state index contributed by atoms with van der Waals surface area (Å²) in [5.41, 5.74) is 2.56. The lowest BCUT2D eigenvalue weighted by Gasteiger charge is -2.05. The maximum absolute atomic E-state index is 12.2. The van der Waals surface area contributed by atoms with E-state index in [1.807, 2.05) is 60.7 Å². The number of nitrogens with zero attached hydrogens (tertiary/aromatic N) is 2. The number of fused-ring (bicyclic) bond motifs is 1. The third-order valence-electron chi connectivity index (χ3n) is 4.05. The number of nitrogens with one attached hydrogen (secondary N) is 1. The van der Waals surface area contributed by atoms with E-state index < -0.39 is 0 Å². The highest BCUT2D eigenvalue weighted by molar-refractivity contribution is 5.93. The van der Waals surface area contributed by atoms with E-state index in [9.17, 15) is 4.79 Å². The number of carbonyl (C=O) groups excluding carboxylic acids is 1. The van der Waals surface area contributed by atoms with Crippen molar-refractivity contribution < 1.29 is 9.21 Å². The van der Waals surface area contributed by atoms with Crippen molar-refractivity contribution >= 4 is 22.5 Å². The highest BCUT2D eigenvalue weighted by Gasteiger charge is 2.09. The molecule has 0 aliphatic rings. The molecule has 0 fully saturated rings. The molecule has 0 spiro atoms. The van der Waals surface area contributed by atoms with Crippen molar-refractivity contribution in [3.63, 3.8) is 0 Å². The van der Waals surface area contributed by atoms with Crippen molar-refractivity contribution in [2.24, 2.45) is 0 Å². The Morgan fingerprint density at radius 1 is 0.962 bits per heavy atom. The van der Waals surface area contributed by atoms with Gasteiger partial charge in [-0.3, -0.25) is 9.78 Å². The summed E-state index contributed by atoms with van der Waals surface area (Å²) in [7, 11) is 0. The Morgan fingerprint density at radius 2 is 1.77 bits per heavy atom. The van der Waals surface area contributed by atoms with Gasteiger partial charge in [0.1, 0.15) is 0 Å². The fourth-order valence-electron chi connectivity index (χ4n) is 2.75. The van der Waals surface area contributed by atoms with E-state index in [1.54, 1.807) is 12.4 Å². The summed E-state index contributed by atoms with van der Waals surface area (Å²) in [5.74, 6) is 1.16. The average Bonchev–Trinajstić information content (AvgIpc) is 3.16. The van der Waals surface area contributed by atoms with Gasteiger partial charge in [0.25, 0.3) is 0 Å². The first-order valence-corrected chi connectivity index (χ1v) is 8.43. The summed E-state index contributed by atoms with van der Waals surface area (Å²) in [6, 6.07) is 19.5.